The number of ether oxygens (including phenoxy) is 1. The molecule has 1 aromatic heterocycles. The first kappa shape index (κ1) is 15.5. The number of carbonyl (C=O) groups is 1. The molecule has 5 nitrogen and oxygen atoms in total. The summed E-state index contributed by atoms with van der Waals surface area (Å²) in [5, 5.41) is 8.36. The van der Waals surface area contributed by atoms with E-state index in [9.17, 15) is 4.79 Å². The van der Waals surface area contributed by atoms with Crippen LogP contribution in [0.15, 0.2) is 24.4 Å². The lowest BCUT2D eigenvalue weighted by molar-refractivity contribution is -0.121. The second kappa shape index (κ2) is 7.78. The van der Waals surface area contributed by atoms with Gasteiger partial charge >= 0.3 is 0 Å². The standard InChI is InChI=1S/C16H23N3O2/c1-3-21-10-4-8-17-16(20)7-9-19-15-11-13(2)5-6-14(15)12-18-19/h5-6,11-12H,3-4,7-10H2,1-2H3,(H,17,20). The highest BCUT2D eigenvalue weighted by atomic mass is 16.5. The fourth-order valence-electron chi connectivity index (χ4n) is 2.20. The summed E-state index contributed by atoms with van der Waals surface area (Å²) in [4.78, 5) is 11.8. The Bertz CT molecular complexity index is 592. The monoisotopic (exact) mass is 289 g/mol. The predicted molar refractivity (Wildman–Crippen MR) is 83.2 cm³/mol. The minimum absolute atomic E-state index is 0.0581. The largest absolute Gasteiger partial charge is 0.382 e. The molecule has 1 heterocycles. The van der Waals surface area contributed by atoms with Gasteiger partial charge in [-0.2, -0.15) is 5.10 Å². The Labute approximate surface area is 125 Å². The van der Waals surface area contributed by atoms with Crippen molar-refractivity contribution < 1.29 is 9.53 Å². The zero-order valence-corrected chi connectivity index (χ0v) is 12.8. The number of aromatic nitrogens is 2. The van der Waals surface area contributed by atoms with Gasteiger partial charge < -0.3 is 10.1 Å². The maximum Gasteiger partial charge on any atom is 0.221 e. The molecular formula is C16H23N3O2. The Kier molecular flexibility index (Phi) is 5.75. The van der Waals surface area contributed by atoms with Gasteiger partial charge in [-0.05, 0) is 31.9 Å². The van der Waals surface area contributed by atoms with Crippen molar-refractivity contribution in [2.45, 2.75) is 33.2 Å². The topological polar surface area (TPSA) is 56.1 Å². The minimum Gasteiger partial charge on any atom is -0.382 e. The van der Waals surface area contributed by atoms with Gasteiger partial charge in [0.25, 0.3) is 0 Å². The quantitative estimate of drug-likeness (QED) is 0.759. The van der Waals surface area contributed by atoms with Gasteiger partial charge in [-0.15, -0.1) is 0 Å². The van der Waals surface area contributed by atoms with E-state index in [0.29, 0.717) is 26.1 Å². The molecule has 1 N–H and O–H groups in total. The van der Waals surface area contributed by atoms with Gasteiger partial charge in [0.1, 0.15) is 0 Å². The lowest BCUT2D eigenvalue weighted by Crippen LogP contribution is -2.26. The summed E-state index contributed by atoms with van der Waals surface area (Å²) in [6, 6.07) is 6.23. The van der Waals surface area contributed by atoms with Crippen LogP contribution in [0.5, 0.6) is 0 Å². The molecule has 2 aromatic rings. The molecule has 2 rings (SSSR count). The van der Waals surface area contributed by atoms with E-state index >= 15 is 0 Å². The maximum absolute atomic E-state index is 11.8. The molecule has 5 heteroatoms. The molecule has 0 spiro atoms. The van der Waals surface area contributed by atoms with Crippen LogP contribution in [0.25, 0.3) is 10.9 Å². The fraction of sp³-hybridized carbons (Fsp3) is 0.500. The SMILES string of the molecule is CCOCCCNC(=O)CCn1ncc2ccc(C)cc21. The van der Waals surface area contributed by atoms with Crippen LogP contribution in [0.1, 0.15) is 25.3 Å². The first-order chi connectivity index (χ1) is 10.2. The van der Waals surface area contributed by atoms with Gasteiger partial charge in [-0.1, -0.05) is 12.1 Å². The molecule has 1 aromatic carbocycles. The van der Waals surface area contributed by atoms with Crippen molar-refractivity contribution in [1.82, 2.24) is 15.1 Å². The van der Waals surface area contributed by atoms with E-state index in [1.165, 1.54) is 5.56 Å². The molecule has 0 aliphatic rings. The minimum atomic E-state index is 0.0581. The number of fused-ring (bicyclic) bond motifs is 1. The molecule has 0 aliphatic carbocycles. The van der Waals surface area contributed by atoms with E-state index in [1.54, 1.807) is 0 Å². The number of hydrogen-bond donors (Lipinski definition) is 1. The highest BCUT2D eigenvalue weighted by molar-refractivity contribution is 5.80. The lowest BCUT2D eigenvalue weighted by Gasteiger charge is -2.06. The number of hydrogen-bond acceptors (Lipinski definition) is 3. The predicted octanol–water partition coefficient (Wildman–Crippen LogP) is 2.28. The second-order valence-electron chi connectivity index (χ2n) is 5.08. The van der Waals surface area contributed by atoms with Crippen molar-refractivity contribution in [1.29, 1.82) is 0 Å². The highest BCUT2D eigenvalue weighted by Gasteiger charge is 2.06. The van der Waals surface area contributed by atoms with Crippen molar-refractivity contribution in [3.8, 4) is 0 Å². The van der Waals surface area contributed by atoms with Crippen molar-refractivity contribution in [3.63, 3.8) is 0 Å². The van der Waals surface area contributed by atoms with Crippen LogP contribution in [0.2, 0.25) is 0 Å². The van der Waals surface area contributed by atoms with Gasteiger partial charge in [0, 0.05) is 31.6 Å². The number of amides is 1. The van der Waals surface area contributed by atoms with Crippen molar-refractivity contribution in [2.75, 3.05) is 19.8 Å². The van der Waals surface area contributed by atoms with Crippen LogP contribution in [-0.2, 0) is 16.1 Å². The van der Waals surface area contributed by atoms with Crippen molar-refractivity contribution in [2.24, 2.45) is 0 Å². The third-order valence-electron chi connectivity index (χ3n) is 3.34. The molecule has 1 amide bonds. The first-order valence-electron chi connectivity index (χ1n) is 7.47. The number of nitrogens with one attached hydrogen (secondary N) is 1. The summed E-state index contributed by atoms with van der Waals surface area (Å²) >= 11 is 0. The van der Waals surface area contributed by atoms with Crippen LogP contribution < -0.4 is 5.32 Å². The smallest absolute Gasteiger partial charge is 0.221 e. The van der Waals surface area contributed by atoms with Gasteiger partial charge in [-0.3, -0.25) is 9.48 Å². The second-order valence-corrected chi connectivity index (χ2v) is 5.08. The van der Waals surface area contributed by atoms with E-state index < -0.39 is 0 Å². The normalized spacial score (nSPS) is 11.0. The zero-order valence-electron chi connectivity index (χ0n) is 12.8. The van der Waals surface area contributed by atoms with Crippen molar-refractivity contribution >= 4 is 16.8 Å². The molecule has 0 fully saturated rings. The van der Waals surface area contributed by atoms with Gasteiger partial charge in [0.05, 0.1) is 18.3 Å². The zero-order chi connectivity index (χ0) is 15.1. The average molecular weight is 289 g/mol. The molecule has 0 unspecified atom stereocenters. The van der Waals surface area contributed by atoms with E-state index in [1.807, 2.05) is 17.8 Å². The number of carbonyl (C=O) groups excluding carboxylic acids is 1. The first-order valence-corrected chi connectivity index (χ1v) is 7.47. The summed E-state index contributed by atoms with van der Waals surface area (Å²) in [5.74, 6) is 0.0581. The third-order valence-corrected chi connectivity index (χ3v) is 3.34. The average Bonchev–Trinajstić information content (AvgIpc) is 2.87. The molecule has 0 bridgehead atoms. The summed E-state index contributed by atoms with van der Waals surface area (Å²) in [6.07, 6.45) is 3.14. The summed E-state index contributed by atoms with van der Waals surface area (Å²) < 4.78 is 7.12. The van der Waals surface area contributed by atoms with Crippen LogP contribution in [0.3, 0.4) is 0 Å². The van der Waals surface area contributed by atoms with Crippen LogP contribution in [0.4, 0.5) is 0 Å². The lowest BCUT2D eigenvalue weighted by atomic mass is 10.2. The molecule has 0 aliphatic heterocycles. The molecular weight excluding hydrogens is 266 g/mol. The number of rotatable bonds is 8. The Morgan fingerprint density at radius 2 is 2.29 bits per heavy atom. The van der Waals surface area contributed by atoms with Crippen LogP contribution in [-0.4, -0.2) is 35.4 Å². The molecule has 114 valence electrons. The maximum atomic E-state index is 11.8. The molecule has 0 radical (unpaired) electrons. The number of benzene rings is 1. The molecule has 0 saturated heterocycles. The Morgan fingerprint density at radius 1 is 1.43 bits per heavy atom. The summed E-state index contributed by atoms with van der Waals surface area (Å²) in [7, 11) is 0. The Morgan fingerprint density at radius 3 is 3.10 bits per heavy atom. The van der Waals surface area contributed by atoms with Gasteiger partial charge in [-0.25, -0.2) is 0 Å². The molecule has 0 saturated carbocycles. The number of nitrogens with zero attached hydrogens (tertiary/aromatic N) is 2. The summed E-state index contributed by atoms with van der Waals surface area (Å²) in [6.45, 7) is 6.71. The van der Waals surface area contributed by atoms with Crippen LogP contribution in [0, 0.1) is 6.92 Å². The molecule has 21 heavy (non-hydrogen) atoms. The Hall–Kier alpha value is -1.88. The summed E-state index contributed by atoms with van der Waals surface area (Å²) in [5.41, 5.74) is 2.28. The van der Waals surface area contributed by atoms with Crippen LogP contribution >= 0.6 is 0 Å². The van der Waals surface area contributed by atoms with Gasteiger partial charge in [0.2, 0.25) is 5.91 Å². The third kappa shape index (κ3) is 4.56. The van der Waals surface area contributed by atoms with E-state index in [-0.39, 0.29) is 5.91 Å². The highest BCUT2D eigenvalue weighted by Crippen LogP contribution is 2.15. The van der Waals surface area contributed by atoms with Gasteiger partial charge in [0.15, 0.2) is 0 Å². The number of aryl methyl sites for hydroxylation is 2. The fourth-order valence-corrected chi connectivity index (χ4v) is 2.20. The van der Waals surface area contributed by atoms with E-state index in [0.717, 1.165) is 23.9 Å². The Balaban J connectivity index is 1.79. The van der Waals surface area contributed by atoms with Crippen molar-refractivity contribution in [3.05, 3.63) is 30.0 Å². The van der Waals surface area contributed by atoms with E-state index in [2.05, 4.69) is 35.5 Å². The molecule has 0 atom stereocenters. The van der Waals surface area contributed by atoms with E-state index in [4.69, 9.17) is 4.74 Å².